The molecule has 0 radical (unpaired) electrons. The number of hydrogen-bond donors (Lipinski definition) is 2. The van der Waals surface area contributed by atoms with E-state index in [4.69, 9.17) is 47.9 Å². The minimum Gasteiger partial charge on any atom is -0.497 e. The second kappa shape index (κ2) is 44.0. The molecule has 0 fully saturated rings. The first-order chi connectivity index (χ1) is 67.7. The van der Waals surface area contributed by atoms with Crippen LogP contribution in [0.1, 0.15) is 17.8 Å². The topological polar surface area (TPSA) is 387 Å². The Morgan fingerprint density at radius 3 is 1.15 bits per heavy atom. The third-order valence-corrected chi connectivity index (χ3v) is 23.6. The molecule has 140 heavy (non-hydrogen) atoms. The first-order valence-electron chi connectivity index (χ1n) is 43.4. The van der Waals surface area contributed by atoms with E-state index < -0.39 is 21.8 Å². The standard InChI is InChI=1S/C28H27N7O3.C27H25N7O2.C23H23F2N5O3.C22H24N6O4S/c1-18-7-8-29-27(9-18)33-28(36)17-35(21-10-22(37-3)13-23(11-21)38-4)20-5-6-24-25(12-20)32-26(15-30-24)19-14-31-34(2)16-19;1-33-18-19(16-31-33)26-17-30-24-8-7-20(14-25(24)32-26)34(11-4-6-27-28-9-5-10-29-27)21-12-22(35-2)15-23(13-21)36-3;1-29-13-14(11-27-29)18-12-26-16-6-5-15(9-17(16)28-18)30(7-4-8-31)23-21(24)19(32-2)10-20(33-3)22(23)25;1-26(2)33(29,30)28(17-8-18(31-4)11-19(9-17)32-5)16-6-7-20-21(10-16)25-22(13-23-20)15-12-24-27(3)14-15/h5-16H,17H2,1-4H3,(H,29,33,36);4-10,12-18H,11H2,1-3H3;5-6,9-13,31H,4,7-8H2,1-3H3;6-14H,1-5H3/b;6-4-;;. The second-order valence-corrected chi connectivity index (χ2v) is 33.5. The maximum absolute atomic E-state index is 15.3. The van der Waals surface area contributed by atoms with Crippen LogP contribution in [0, 0.1) is 18.6 Å². The molecule has 0 unspecified atom stereocenters. The number of nitrogens with one attached hydrogen (secondary N) is 1. The van der Waals surface area contributed by atoms with Gasteiger partial charge in [0.05, 0.1) is 185 Å². The van der Waals surface area contributed by atoms with Crippen LogP contribution in [0.5, 0.6) is 46.0 Å². The number of methoxy groups -OCH3 is 8. The highest BCUT2D eigenvalue weighted by atomic mass is 32.2. The Morgan fingerprint density at radius 2 is 0.786 bits per heavy atom. The van der Waals surface area contributed by atoms with Crippen LogP contribution in [0.15, 0.2) is 251 Å². The van der Waals surface area contributed by atoms with Crippen molar-refractivity contribution >= 4 is 118 Å². The molecule has 0 saturated carbocycles. The Balaban J connectivity index is 0.000000141. The van der Waals surface area contributed by atoms with Crippen molar-refractivity contribution in [3.8, 4) is 91.0 Å². The summed E-state index contributed by atoms with van der Waals surface area (Å²) in [6.07, 6.45) is 30.5. The smallest absolute Gasteiger partial charge is 0.307 e. The fourth-order valence-corrected chi connectivity index (χ4v) is 15.9. The number of rotatable bonds is 31. The summed E-state index contributed by atoms with van der Waals surface area (Å²) in [5.41, 5.74) is 16.7. The number of halogens is 2. The lowest BCUT2D eigenvalue weighted by atomic mass is 10.1. The van der Waals surface area contributed by atoms with Crippen LogP contribution in [0.3, 0.4) is 0 Å². The molecule has 18 aromatic rings. The molecule has 0 aliphatic heterocycles. The van der Waals surface area contributed by atoms with Gasteiger partial charge in [0, 0.05) is 217 Å². The van der Waals surface area contributed by atoms with E-state index in [2.05, 4.69) is 75.5 Å². The molecular weight excluding hydrogens is 1810 g/mol. The average molecular weight is 1910 g/mol. The zero-order chi connectivity index (χ0) is 98.8. The molecule has 0 atom stereocenters. The molecule has 0 aliphatic carbocycles. The molecule has 10 aromatic heterocycles. The summed E-state index contributed by atoms with van der Waals surface area (Å²) in [7, 11) is 18.4. The molecule has 8 aromatic carbocycles. The Morgan fingerprint density at radius 1 is 0.414 bits per heavy atom. The normalized spacial score (nSPS) is 11.2. The van der Waals surface area contributed by atoms with Crippen LogP contribution in [-0.2, 0) is 43.2 Å². The summed E-state index contributed by atoms with van der Waals surface area (Å²) in [5.74, 6) is 2.37. The van der Waals surface area contributed by atoms with Gasteiger partial charge in [0.2, 0.25) is 5.91 Å². The predicted molar refractivity (Wildman–Crippen MR) is 531 cm³/mol. The summed E-state index contributed by atoms with van der Waals surface area (Å²) in [6, 6.07) is 44.8. The van der Waals surface area contributed by atoms with Crippen LogP contribution >= 0.6 is 0 Å². The van der Waals surface area contributed by atoms with E-state index in [1.54, 1.807) is 189 Å². The van der Waals surface area contributed by atoms with E-state index in [9.17, 15) is 18.3 Å². The minimum atomic E-state index is -3.93. The number of aliphatic hydroxyl groups excluding tert-OH is 1. The number of carbonyl (C=O) groups is 1. The largest absolute Gasteiger partial charge is 0.497 e. The number of carbonyl (C=O) groups excluding carboxylic acids is 1. The van der Waals surface area contributed by atoms with Crippen molar-refractivity contribution in [1.82, 2.24) is 98.3 Å². The van der Waals surface area contributed by atoms with Crippen molar-refractivity contribution in [1.29, 1.82) is 0 Å². The number of hydrogen-bond acceptors (Lipinski definition) is 30. The first kappa shape index (κ1) is 97.3. The van der Waals surface area contributed by atoms with Gasteiger partial charge in [-0.2, -0.15) is 33.1 Å². The lowest BCUT2D eigenvalue weighted by molar-refractivity contribution is -0.114. The molecule has 0 aliphatic rings. The predicted octanol–water partition coefficient (Wildman–Crippen LogP) is 16.1. The summed E-state index contributed by atoms with van der Waals surface area (Å²) in [6.45, 7) is 2.49. The zero-order valence-electron chi connectivity index (χ0n) is 79.1. The number of benzene rings is 8. The quantitative estimate of drug-likeness (QED) is 0.0407. The van der Waals surface area contributed by atoms with Gasteiger partial charge in [-0.25, -0.2) is 48.0 Å². The van der Waals surface area contributed by atoms with Crippen LogP contribution in [0.25, 0.3) is 95.2 Å². The van der Waals surface area contributed by atoms with Crippen LogP contribution in [0.4, 0.5) is 60.1 Å². The average Bonchev–Trinajstić information content (AvgIpc) is 0.965. The maximum Gasteiger partial charge on any atom is 0.307 e. The van der Waals surface area contributed by atoms with E-state index in [0.29, 0.717) is 120 Å². The first-order valence-corrected chi connectivity index (χ1v) is 44.8. The molecule has 0 saturated heterocycles. The second-order valence-electron chi connectivity index (χ2n) is 31.6. The molecule has 1 amide bonds. The highest BCUT2D eigenvalue weighted by Gasteiger charge is 2.31. The number of aromatic nitrogens is 19. The van der Waals surface area contributed by atoms with E-state index in [0.717, 1.165) is 77.5 Å². The van der Waals surface area contributed by atoms with Gasteiger partial charge in [0.1, 0.15) is 52.5 Å². The van der Waals surface area contributed by atoms with Crippen molar-refractivity contribution in [2.75, 3.05) is 122 Å². The number of aryl methyl sites for hydroxylation is 5. The monoisotopic (exact) mass is 1910 g/mol. The zero-order valence-corrected chi connectivity index (χ0v) is 79.9. The summed E-state index contributed by atoms with van der Waals surface area (Å²) >= 11 is 0. The summed E-state index contributed by atoms with van der Waals surface area (Å²) < 4.78 is 109. The summed E-state index contributed by atoms with van der Waals surface area (Å²) in [5, 5.41) is 29.1. The SMILES string of the molecule is COc1cc(OC)c(F)c(N(CCCO)c2ccc3ncc(-c4cnn(C)c4)nc3c2)c1F.COc1cc(OC)cc(N(C/C=C\c2ncccn2)c2ccc3ncc(-c4cnn(C)c4)nc3c2)c1.COc1cc(OC)cc(N(CC(=O)Nc2cc(C)ccn2)c2ccc3ncc(-c4cnn(C)c4)nc3c2)c1.COc1cc(OC)cc(N(c2ccc3ncc(-c4cnn(C)c4)nc3c2)S(=O)(=O)N(C)C)c1. The number of fused-ring (bicyclic) bond motifs is 4. The van der Waals surface area contributed by atoms with Crippen molar-refractivity contribution in [2.45, 2.75) is 13.3 Å². The van der Waals surface area contributed by atoms with Crippen LogP contribution in [0.2, 0.25) is 0 Å². The van der Waals surface area contributed by atoms with Crippen LogP contribution in [-0.4, -0.2) is 215 Å². The fraction of sp³-hybridized carbons (Fsp3) is 0.200. The Hall–Kier alpha value is -17.3. The van der Waals surface area contributed by atoms with E-state index in [1.807, 2.05) is 149 Å². The number of anilines is 9. The molecular formula is C100H99F2N25O12S. The van der Waals surface area contributed by atoms with Crippen LogP contribution < -0.4 is 62.2 Å². The molecule has 0 bridgehead atoms. The molecule has 37 nitrogen and oxygen atoms in total. The molecule has 40 heteroatoms. The third kappa shape index (κ3) is 22.9. The van der Waals surface area contributed by atoms with Gasteiger partial charge in [0.25, 0.3) is 0 Å². The van der Waals surface area contributed by atoms with E-state index in [-0.39, 0.29) is 49.2 Å². The number of ether oxygens (including phenoxy) is 8. The number of amides is 1. The number of aliphatic hydroxyl groups is 1. The van der Waals surface area contributed by atoms with E-state index >= 15 is 8.78 Å². The van der Waals surface area contributed by atoms with Crippen molar-refractivity contribution in [2.24, 2.45) is 28.2 Å². The van der Waals surface area contributed by atoms with Gasteiger partial charge in [-0.3, -0.25) is 43.5 Å². The molecule has 10 heterocycles. The summed E-state index contributed by atoms with van der Waals surface area (Å²) in [4.78, 5) is 68.6. The van der Waals surface area contributed by atoms with Gasteiger partial charge in [0.15, 0.2) is 29.0 Å². The Bertz CT molecular complexity index is 7530. The minimum absolute atomic E-state index is 0.00712. The maximum atomic E-state index is 15.3. The van der Waals surface area contributed by atoms with Gasteiger partial charge >= 0.3 is 10.2 Å². The molecule has 18 rings (SSSR count). The van der Waals surface area contributed by atoms with Crippen molar-refractivity contribution in [3.05, 3.63) is 274 Å². The molecule has 0 spiro atoms. The lowest BCUT2D eigenvalue weighted by Gasteiger charge is -2.28. The number of nitrogens with zero attached hydrogens (tertiary/aromatic N) is 24. The highest BCUT2D eigenvalue weighted by molar-refractivity contribution is 7.90. The van der Waals surface area contributed by atoms with Gasteiger partial charge in [-0.15, -0.1) is 0 Å². The fourth-order valence-electron chi connectivity index (χ4n) is 14.8. The van der Waals surface area contributed by atoms with Gasteiger partial charge in [-0.05, 0) is 116 Å². The highest BCUT2D eigenvalue weighted by Crippen LogP contribution is 2.44. The molecule has 716 valence electrons. The van der Waals surface area contributed by atoms with E-state index in [1.165, 1.54) is 51.7 Å². The Labute approximate surface area is 804 Å². The Kier molecular flexibility index (Phi) is 30.6. The third-order valence-electron chi connectivity index (χ3n) is 21.8. The van der Waals surface area contributed by atoms with Crippen molar-refractivity contribution in [3.63, 3.8) is 0 Å². The number of pyridine rings is 1. The van der Waals surface area contributed by atoms with Crippen molar-refractivity contribution < 1.29 is 65.0 Å². The molecule has 2 N–H and O–H groups in total. The lowest BCUT2D eigenvalue weighted by Crippen LogP contribution is -2.37. The van der Waals surface area contributed by atoms with Gasteiger partial charge in [-0.1, -0.05) is 6.08 Å². The van der Waals surface area contributed by atoms with Gasteiger partial charge < -0.3 is 63.0 Å².